The van der Waals surface area contributed by atoms with Gasteiger partial charge in [-0.3, -0.25) is 4.79 Å². The molecule has 21 heavy (non-hydrogen) atoms. The average Bonchev–Trinajstić information content (AvgIpc) is 2.48. The van der Waals surface area contributed by atoms with Crippen molar-refractivity contribution < 1.29 is 4.79 Å². The number of halogens is 1. The van der Waals surface area contributed by atoms with Crippen LogP contribution in [0.3, 0.4) is 0 Å². The van der Waals surface area contributed by atoms with Gasteiger partial charge in [0.15, 0.2) is 0 Å². The summed E-state index contributed by atoms with van der Waals surface area (Å²) in [6.07, 6.45) is 0.445. The molecular weight excluding hydrogens is 328 g/mol. The van der Waals surface area contributed by atoms with Crippen LogP contribution in [0.2, 0.25) is 0 Å². The van der Waals surface area contributed by atoms with Crippen molar-refractivity contribution >= 4 is 27.5 Å². The van der Waals surface area contributed by atoms with E-state index in [-0.39, 0.29) is 11.8 Å². The van der Waals surface area contributed by atoms with E-state index in [2.05, 4.69) is 28.2 Å². The van der Waals surface area contributed by atoms with Gasteiger partial charge in [0.1, 0.15) is 0 Å². The van der Waals surface area contributed by atoms with E-state index < -0.39 is 0 Å². The molecule has 1 unspecified atom stereocenters. The molecule has 2 aromatic rings. The second-order valence-corrected chi connectivity index (χ2v) is 5.98. The summed E-state index contributed by atoms with van der Waals surface area (Å²) in [6.45, 7) is 2.47. The van der Waals surface area contributed by atoms with E-state index >= 15 is 0 Å². The molecule has 0 saturated heterocycles. The predicted molar refractivity (Wildman–Crippen MR) is 90.1 cm³/mol. The molecule has 1 atom stereocenters. The molecular formula is C17H19BrN2O. The van der Waals surface area contributed by atoms with Crippen LogP contribution < -0.4 is 11.1 Å². The number of nitrogens with two attached hydrogens (primary N) is 1. The van der Waals surface area contributed by atoms with Gasteiger partial charge in [0, 0.05) is 23.1 Å². The van der Waals surface area contributed by atoms with E-state index in [0.29, 0.717) is 13.0 Å². The second-order valence-electron chi connectivity index (χ2n) is 5.07. The standard InChI is InChI=1S/C17H19BrN2O/c1-12(13-6-8-15(18)9-7-13)10-17(21)20-16-5-3-2-4-14(16)11-19/h2-9,12H,10-11,19H2,1H3,(H,20,21). The van der Waals surface area contributed by atoms with E-state index in [1.54, 1.807) is 0 Å². The lowest BCUT2D eigenvalue weighted by Gasteiger charge is -2.14. The van der Waals surface area contributed by atoms with Crippen LogP contribution in [0.4, 0.5) is 5.69 Å². The molecule has 0 fully saturated rings. The van der Waals surface area contributed by atoms with Crippen LogP contribution in [-0.2, 0) is 11.3 Å². The van der Waals surface area contributed by atoms with E-state index in [4.69, 9.17) is 5.73 Å². The van der Waals surface area contributed by atoms with Crippen molar-refractivity contribution in [3.63, 3.8) is 0 Å². The first-order chi connectivity index (χ1) is 10.1. The minimum Gasteiger partial charge on any atom is -0.326 e. The molecule has 0 aliphatic heterocycles. The summed E-state index contributed by atoms with van der Waals surface area (Å²) >= 11 is 3.41. The van der Waals surface area contributed by atoms with Crippen molar-refractivity contribution in [2.75, 3.05) is 5.32 Å². The van der Waals surface area contributed by atoms with Gasteiger partial charge in [-0.1, -0.05) is 53.2 Å². The maximum Gasteiger partial charge on any atom is 0.224 e. The Balaban J connectivity index is 1.99. The number of hydrogen-bond acceptors (Lipinski definition) is 2. The molecule has 0 radical (unpaired) electrons. The van der Waals surface area contributed by atoms with Crippen LogP contribution in [0.15, 0.2) is 53.0 Å². The number of benzene rings is 2. The van der Waals surface area contributed by atoms with E-state index in [9.17, 15) is 4.79 Å². The quantitative estimate of drug-likeness (QED) is 0.858. The Bertz CT molecular complexity index is 610. The number of nitrogens with one attached hydrogen (secondary N) is 1. The maximum absolute atomic E-state index is 12.2. The molecule has 3 N–H and O–H groups in total. The molecule has 0 heterocycles. The Morgan fingerprint density at radius 2 is 1.86 bits per heavy atom. The molecule has 1 amide bonds. The highest BCUT2D eigenvalue weighted by Crippen LogP contribution is 2.22. The summed E-state index contributed by atoms with van der Waals surface area (Å²) in [5.74, 6) is 0.175. The fourth-order valence-electron chi connectivity index (χ4n) is 2.21. The Kier molecular flexibility index (Phi) is 5.53. The first kappa shape index (κ1) is 15.7. The Morgan fingerprint density at radius 1 is 1.19 bits per heavy atom. The number of carbonyl (C=O) groups excluding carboxylic acids is 1. The number of hydrogen-bond donors (Lipinski definition) is 2. The van der Waals surface area contributed by atoms with Gasteiger partial charge in [0.05, 0.1) is 0 Å². The highest BCUT2D eigenvalue weighted by molar-refractivity contribution is 9.10. The third kappa shape index (κ3) is 4.41. The normalized spacial score (nSPS) is 12.0. The van der Waals surface area contributed by atoms with Gasteiger partial charge < -0.3 is 11.1 Å². The zero-order chi connectivity index (χ0) is 15.2. The molecule has 0 aliphatic rings. The first-order valence-corrected chi connectivity index (χ1v) is 7.72. The van der Waals surface area contributed by atoms with Gasteiger partial charge in [-0.2, -0.15) is 0 Å². The van der Waals surface area contributed by atoms with Gasteiger partial charge in [-0.15, -0.1) is 0 Å². The summed E-state index contributed by atoms with van der Waals surface area (Å²) in [7, 11) is 0. The SMILES string of the molecule is CC(CC(=O)Nc1ccccc1CN)c1ccc(Br)cc1. The van der Waals surface area contributed by atoms with Crippen molar-refractivity contribution in [2.45, 2.75) is 25.8 Å². The minimum absolute atomic E-state index is 0.00585. The van der Waals surface area contributed by atoms with Crippen LogP contribution in [-0.4, -0.2) is 5.91 Å². The van der Waals surface area contributed by atoms with Crippen LogP contribution in [0.5, 0.6) is 0 Å². The van der Waals surface area contributed by atoms with Crippen LogP contribution in [0.25, 0.3) is 0 Å². The number of amides is 1. The number of carbonyl (C=O) groups is 1. The highest BCUT2D eigenvalue weighted by atomic mass is 79.9. The molecule has 2 rings (SSSR count). The van der Waals surface area contributed by atoms with Crippen molar-refractivity contribution in [3.8, 4) is 0 Å². The van der Waals surface area contributed by atoms with E-state index in [1.165, 1.54) is 0 Å². The molecule has 2 aromatic carbocycles. The number of para-hydroxylation sites is 1. The second kappa shape index (κ2) is 7.38. The minimum atomic E-state index is 0.00585. The van der Waals surface area contributed by atoms with E-state index in [1.807, 2.05) is 48.5 Å². The third-order valence-electron chi connectivity index (χ3n) is 3.44. The Morgan fingerprint density at radius 3 is 2.52 bits per heavy atom. The molecule has 4 heteroatoms. The fourth-order valence-corrected chi connectivity index (χ4v) is 2.47. The highest BCUT2D eigenvalue weighted by Gasteiger charge is 2.12. The van der Waals surface area contributed by atoms with Gasteiger partial charge in [-0.05, 0) is 35.2 Å². The lowest BCUT2D eigenvalue weighted by molar-refractivity contribution is -0.116. The van der Waals surface area contributed by atoms with Crippen molar-refractivity contribution in [2.24, 2.45) is 5.73 Å². The largest absolute Gasteiger partial charge is 0.326 e. The van der Waals surface area contributed by atoms with Crippen LogP contribution in [0, 0.1) is 0 Å². The third-order valence-corrected chi connectivity index (χ3v) is 3.97. The summed E-state index contributed by atoms with van der Waals surface area (Å²) in [5, 5.41) is 2.95. The first-order valence-electron chi connectivity index (χ1n) is 6.93. The van der Waals surface area contributed by atoms with Crippen LogP contribution >= 0.6 is 15.9 Å². The molecule has 0 aliphatic carbocycles. The zero-order valence-electron chi connectivity index (χ0n) is 12.0. The predicted octanol–water partition coefficient (Wildman–Crippen LogP) is 4.04. The van der Waals surface area contributed by atoms with Gasteiger partial charge >= 0.3 is 0 Å². The van der Waals surface area contributed by atoms with Crippen molar-refractivity contribution in [3.05, 3.63) is 64.1 Å². The molecule has 110 valence electrons. The average molecular weight is 347 g/mol. The molecule has 0 bridgehead atoms. The van der Waals surface area contributed by atoms with Crippen molar-refractivity contribution in [1.29, 1.82) is 0 Å². The number of anilines is 1. The zero-order valence-corrected chi connectivity index (χ0v) is 13.6. The summed E-state index contributed by atoms with van der Waals surface area (Å²) in [6, 6.07) is 15.7. The fraction of sp³-hybridized carbons (Fsp3) is 0.235. The van der Waals surface area contributed by atoms with Gasteiger partial charge in [0.25, 0.3) is 0 Å². The Labute approximate surface area is 133 Å². The van der Waals surface area contributed by atoms with Crippen LogP contribution in [0.1, 0.15) is 30.4 Å². The lowest BCUT2D eigenvalue weighted by Crippen LogP contribution is -2.16. The van der Waals surface area contributed by atoms with Gasteiger partial charge in [-0.25, -0.2) is 0 Å². The topological polar surface area (TPSA) is 55.1 Å². The smallest absolute Gasteiger partial charge is 0.224 e. The van der Waals surface area contributed by atoms with E-state index in [0.717, 1.165) is 21.3 Å². The molecule has 0 saturated carbocycles. The summed E-state index contributed by atoms with van der Waals surface area (Å²) in [5.41, 5.74) is 8.58. The summed E-state index contributed by atoms with van der Waals surface area (Å²) in [4.78, 5) is 12.2. The molecule has 3 nitrogen and oxygen atoms in total. The summed E-state index contributed by atoms with van der Waals surface area (Å²) < 4.78 is 1.04. The maximum atomic E-state index is 12.2. The van der Waals surface area contributed by atoms with Gasteiger partial charge in [0.2, 0.25) is 5.91 Å². The lowest BCUT2D eigenvalue weighted by atomic mass is 9.97. The van der Waals surface area contributed by atoms with Crippen molar-refractivity contribution in [1.82, 2.24) is 0 Å². The Hall–Kier alpha value is -1.65. The molecule has 0 aromatic heterocycles. The molecule has 0 spiro atoms. The monoisotopic (exact) mass is 346 g/mol. The number of rotatable bonds is 5.